The zero-order valence-electron chi connectivity index (χ0n) is 1.26. The molecule has 0 rings (SSSR count). The van der Waals surface area contributed by atoms with Gasteiger partial charge < -0.3 is 36.4 Å². The van der Waals surface area contributed by atoms with Crippen molar-refractivity contribution < 1.29 is 36.4 Å². The Morgan fingerprint density at radius 2 is 1.00 bits per heavy atom. The summed E-state index contributed by atoms with van der Waals surface area (Å²) in [5.74, 6) is 0. The molecule has 0 saturated carbocycles. The van der Waals surface area contributed by atoms with Crippen molar-refractivity contribution in [2.24, 2.45) is 0 Å². The minimum absolute atomic E-state index is 0. The van der Waals surface area contributed by atoms with Crippen molar-refractivity contribution in [2.45, 2.75) is 0 Å². The summed E-state index contributed by atoms with van der Waals surface area (Å²) in [7, 11) is 0. The van der Waals surface area contributed by atoms with Crippen LogP contribution in [0.1, 0.15) is 0 Å². The minimum atomic E-state index is 0. The van der Waals surface area contributed by atoms with Crippen LogP contribution < -0.4 is 36.4 Å². The van der Waals surface area contributed by atoms with Gasteiger partial charge in [-0.15, -0.1) is 0 Å². The van der Waals surface area contributed by atoms with Crippen molar-refractivity contribution in [3.8, 4) is 0 Å². The van der Waals surface area contributed by atoms with E-state index >= 15 is 0 Å². The molecule has 0 heterocycles. The molecule has 2 radical (unpaired) electrons. The second-order valence-corrected chi connectivity index (χ2v) is 0. The largest absolute Gasteiger partial charge is 2.00 e. The zero-order chi connectivity index (χ0) is 0. The van der Waals surface area contributed by atoms with Crippen LogP contribution in [0, 0.1) is 0 Å². The first-order chi connectivity index (χ1) is 0. The van der Waals surface area contributed by atoms with Crippen molar-refractivity contribution in [1.82, 2.24) is 0 Å². The number of hydrogen-bond donors (Lipinski definition) is 0. The van der Waals surface area contributed by atoms with E-state index in [1.807, 2.05) is 0 Å². The van der Waals surface area contributed by atoms with Gasteiger partial charge in [0.25, 0.3) is 0 Å². The molecule has 0 aromatic carbocycles. The molecule has 4 heteroatoms. The molecule has 0 amide bonds. The van der Waals surface area contributed by atoms with Gasteiger partial charge in [-0.2, -0.15) is 0 Å². The van der Waals surface area contributed by atoms with E-state index in [1.54, 1.807) is 0 Å². The van der Waals surface area contributed by atoms with Crippen LogP contribution in [0.3, 0.4) is 0 Å². The van der Waals surface area contributed by atoms with E-state index in [2.05, 4.69) is 0 Å². The van der Waals surface area contributed by atoms with Gasteiger partial charge in [0, 0.05) is 0 Å². The predicted molar refractivity (Wildman–Crippen MR) is 17.1 cm³/mol. The average Bonchev–Trinajstić information content (AvgIpc) is 0. The van der Waals surface area contributed by atoms with Gasteiger partial charge in [0.2, 0.25) is 0 Å². The summed E-state index contributed by atoms with van der Waals surface area (Å²) in [6.45, 7) is 0. The molecule has 0 aromatic heterocycles. The maximum absolute atomic E-state index is 0. The average molecular weight is 358 g/mol. The summed E-state index contributed by atoms with van der Waals surface area (Å²) in [5.41, 5.74) is 0. The molecule has 0 aliphatic heterocycles. The third-order valence-electron chi connectivity index (χ3n) is 0. The van der Waals surface area contributed by atoms with Crippen molar-refractivity contribution in [1.29, 1.82) is 0 Å². The first-order valence-corrected chi connectivity index (χ1v) is 0. The maximum atomic E-state index is 0. The van der Waals surface area contributed by atoms with Crippen LogP contribution in [0.25, 0.3) is 0 Å². The first kappa shape index (κ1) is 32.8. The third-order valence-corrected chi connectivity index (χ3v) is 0. The van der Waals surface area contributed by atoms with Crippen molar-refractivity contribution in [3.05, 3.63) is 0 Å². The quantitative estimate of drug-likeness (QED) is 0.298. The summed E-state index contributed by atoms with van der Waals surface area (Å²) in [6, 6.07) is 0. The van der Waals surface area contributed by atoms with Crippen molar-refractivity contribution in [3.63, 3.8) is 0 Å². The van der Waals surface area contributed by atoms with E-state index in [-0.39, 0.29) is 77.9 Å². The fourth-order valence-electron chi connectivity index (χ4n) is 0. The third kappa shape index (κ3) is 8.84. The normalized spacial score (nSPS) is 0. The summed E-state index contributed by atoms with van der Waals surface area (Å²) in [5, 5.41) is 0. The van der Waals surface area contributed by atoms with Gasteiger partial charge in [-0.05, 0) is 0 Å². The standard InChI is InChI=1S/ClH.GeH4.HI.Sn/h1H;1H4;1H;/q;;;+2/p-2. The first-order valence-electron chi connectivity index (χ1n) is 0. The van der Waals surface area contributed by atoms with E-state index in [0.29, 0.717) is 0 Å². The molecule has 0 aliphatic rings. The van der Waals surface area contributed by atoms with Crippen LogP contribution in [0.15, 0.2) is 0 Å². The van der Waals surface area contributed by atoms with Gasteiger partial charge >= 0.3 is 41.5 Å². The van der Waals surface area contributed by atoms with Crippen LogP contribution in [0.4, 0.5) is 0 Å². The Morgan fingerprint density at radius 3 is 1.00 bits per heavy atom. The summed E-state index contributed by atoms with van der Waals surface area (Å²) >= 11 is 0. The smallest absolute Gasteiger partial charge is 1.00 e. The number of halogens is 2. The Morgan fingerprint density at radius 1 is 1.00 bits per heavy atom. The maximum Gasteiger partial charge on any atom is 2.00 e. The number of hydrogen-bond acceptors (Lipinski definition) is 0. The van der Waals surface area contributed by atoms with E-state index in [9.17, 15) is 0 Å². The monoisotopic (exact) mass is 360 g/mol. The molecule has 0 unspecified atom stereocenters. The van der Waals surface area contributed by atoms with E-state index in [0.717, 1.165) is 0 Å². The van der Waals surface area contributed by atoms with Gasteiger partial charge in [0.1, 0.15) is 0 Å². The molecule has 0 nitrogen and oxygen atoms in total. The van der Waals surface area contributed by atoms with Crippen LogP contribution in [0.2, 0.25) is 0 Å². The molecule has 0 N–H and O–H groups in total. The predicted octanol–water partition coefficient (Wildman–Crippen LogP) is -7.82. The summed E-state index contributed by atoms with van der Waals surface area (Å²) in [6.07, 6.45) is 0. The molecule has 0 spiro atoms. The minimum Gasteiger partial charge on any atom is -1.00 e. The Balaban J connectivity index is 0. The Bertz CT molecular complexity index is 8.00. The van der Waals surface area contributed by atoms with Crippen LogP contribution in [-0.2, 0) is 0 Å². The van der Waals surface area contributed by atoms with E-state index in [1.165, 1.54) is 0 Å². The fraction of sp³-hybridized carbons (Fsp3) is 0. The second kappa shape index (κ2) is 18.3. The molecule has 26 valence electrons. The molecule has 0 bridgehead atoms. The molecule has 0 fully saturated rings. The topological polar surface area (TPSA) is 0 Å². The summed E-state index contributed by atoms with van der Waals surface area (Å²) in [4.78, 5) is 0. The fourth-order valence-corrected chi connectivity index (χ4v) is 0. The molecule has 0 aliphatic carbocycles. The van der Waals surface area contributed by atoms with Crippen LogP contribution in [0.5, 0.6) is 0 Å². The molecule has 0 atom stereocenters. The van der Waals surface area contributed by atoms with Crippen LogP contribution >= 0.6 is 0 Å². The molecule has 4 heavy (non-hydrogen) atoms. The molecular formula is H4ClGeISn. The van der Waals surface area contributed by atoms with Gasteiger partial charge in [0.05, 0.1) is 0 Å². The SMILES string of the molecule is [Cl-].[GeH4].[I-].[Sn+2]. The van der Waals surface area contributed by atoms with Crippen molar-refractivity contribution >= 4 is 41.5 Å². The molecule has 0 saturated heterocycles. The van der Waals surface area contributed by atoms with E-state index in [4.69, 9.17) is 0 Å². The van der Waals surface area contributed by atoms with Gasteiger partial charge in [-0.1, -0.05) is 0 Å². The zero-order valence-corrected chi connectivity index (χ0v) is 7.02. The number of rotatable bonds is 0. The molecular weight excluding hydrogens is 354 g/mol. The van der Waals surface area contributed by atoms with E-state index < -0.39 is 0 Å². The Hall–Kier alpha value is 2.36. The second-order valence-electron chi connectivity index (χ2n) is 0. The van der Waals surface area contributed by atoms with Gasteiger partial charge in [-0.25, -0.2) is 0 Å². The summed E-state index contributed by atoms with van der Waals surface area (Å²) < 4.78 is 0. The molecule has 0 aromatic rings. The van der Waals surface area contributed by atoms with Crippen LogP contribution in [-0.4, -0.2) is 41.5 Å². The van der Waals surface area contributed by atoms with Gasteiger partial charge in [0.15, 0.2) is 0 Å². The van der Waals surface area contributed by atoms with Crippen molar-refractivity contribution in [2.75, 3.05) is 0 Å². The van der Waals surface area contributed by atoms with Gasteiger partial charge in [-0.3, -0.25) is 0 Å². The Kier molecular flexibility index (Phi) is 150. The Labute approximate surface area is 76.8 Å².